The number of imidazole rings is 1. The third-order valence-corrected chi connectivity index (χ3v) is 5.50. The van der Waals surface area contributed by atoms with Crippen LogP contribution in [0.25, 0.3) is 22.1 Å². The molecule has 3 heterocycles. The van der Waals surface area contributed by atoms with Gasteiger partial charge >= 0.3 is 0 Å². The molecule has 124 valence electrons. The van der Waals surface area contributed by atoms with Crippen molar-refractivity contribution in [3.63, 3.8) is 0 Å². The summed E-state index contributed by atoms with van der Waals surface area (Å²) < 4.78 is 2.31. The lowest BCUT2D eigenvalue weighted by Gasteiger charge is -2.30. The second-order valence-corrected chi connectivity index (χ2v) is 7.17. The van der Waals surface area contributed by atoms with Gasteiger partial charge in [-0.25, -0.2) is 9.97 Å². The van der Waals surface area contributed by atoms with Gasteiger partial charge in [0.1, 0.15) is 11.2 Å². The maximum absolute atomic E-state index is 11.9. The summed E-state index contributed by atoms with van der Waals surface area (Å²) in [5.41, 5.74) is 3.03. The molecule has 2 aliphatic carbocycles. The fraction of sp³-hybridized carbons (Fsp3) is 0.500. The molecule has 0 aliphatic heterocycles. The molecule has 0 radical (unpaired) electrons. The number of carbonyl (C=O) groups is 1. The number of pyridine rings is 1. The van der Waals surface area contributed by atoms with E-state index in [-0.39, 0.29) is 5.91 Å². The highest BCUT2D eigenvalue weighted by atomic mass is 16.2. The number of nitrogens with zero attached hydrogens (tertiary/aromatic N) is 3. The monoisotopic (exact) mass is 323 g/mol. The molecule has 2 saturated carbocycles. The van der Waals surface area contributed by atoms with Crippen molar-refractivity contribution < 1.29 is 4.79 Å². The molecule has 0 aromatic carbocycles. The van der Waals surface area contributed by atoms with Crippen LogP contribution in [0.3, 0.4) is 0 Å². The summed E-state index contributed by atoms with van der Waals surface area (Å²) in [4.78, 5) is 24.1. The molecule has 6 nitrogen and oxygen atoms in total. The van der Waals surface area contributed by atoms with E-state index in [1.54, 1.807) is 0 Å². The SMILES string of the molecule is O=C(N[C@H]1CC[C@H](n2cnc3cnc4[nH]ccc4c32)CC1)C1CC1. The average Bonchev–Trinajstić information content (AvgIpc) is 3.19. The second-order valence-electron chi connectivity index (χ2n) is 7.17. The first-order valence-corrected chi connectivity index (χ1v) is 8.88. The quantitative estimate of drug-likeness (QED) is 0.778. The number of hydrogen-bond donors (Lipinski definition) is 2. The zero-order valence-electron chi connectivity index (χ0n) is 13.5. The van der Waals surface area contributed by atoms with Crippen LogP contribution in [0.2, 0.25) is 0 Å². The highest BCUT2D eigenvalue weighted by molar-refractivity contribution is 6.00. The van der Waals surface area contributed by atoms with Crippen molar-refractivity contribution in [3.05, 3.63) is 24.8 Å². The third kappa shape index (κ3) is 2.28. The second kappa shape index (κ2) is 5.33. The van der Waals surface area contributed by atoms with Gasteiger partial charge in [-0.3, -0.25) is 4.79 Å². The van der Waals surface area contributed by atoms with Crippen LogP contribution in [0.4, 0.5) is 0 Å². The molecule has 5 rings (SSSR count). The van der Waals surface area contributed by atoms with Crippen LogP contribution in [0.15, 0.2) is 24.8 Å². The van der Waals surface area contributed by atoms with Gasteiger partial charge in [-0.15, -0.1) is 0 Å². The van der Waals surface area contributed by atoms with Crippen LogP contribution in [-0.4, -0.2) is 31.5 Å². The Morgan fingerprint density at radius 1 is 1.17 bits per heavy atom. The number of nitrogens with one attached hydrogen (secondary N) is 2. The van der Waals surface area contributed by atoms with Gasteiger partial charge in [0.2, 0.25) is 5.91 Å². The van der Waals surface area contributed by atoms with Crippen LogP contribution in [-0.2, 0) is 4.79 Å². The topological polar surface area (TPSA) is 75.6 Å². The maximum Gasteiger partial charge on any atom is 0.223 e. The van der Waals surface area contributed by atoms with E-state index in [4.69, 9.17) is 0 Å². The number of fused-ring (bicyclic) bond motifs is 3. The van der Waals surface area contributed by atoms with Gasteiger partial charge in [-0.05, 0) is 44.6 Å². The lowest BCUT2D eigenvalue weighted by molar-refractivity contribution is -0.123. The van der Waals surface area contributed by atoms with Gasteiger partial charge in [0.15, 0.2) is 0 Å². The lowest BCUT2D eigenvalue weighted by Crippen LogP contribution is -2.38. The Bertz CT molecular complexity index is 899. The van der Waals surface area contributed by atoms with Crippen LogP contribution < -0.4 is 5.32 Å². The van der Waals surface area contributed by atoms with Gasteiger partial charge in [0.25, 0.3) is 0 Å². The first-order valence-electron chi connectivity index (χ1n) is 8.88. The Morgan fingerprint density at radius 2 is 2.00 bits per heavy atom. The van der Waals surface area contributed by atoms with Crippen LogP contribution in [0.1, 0.15) is 44.6 Å². The molecule has 2 fully saturated rings. The molecule has 0 unspecified atom stereocenters. The Morgan fingerprint density at radius 3 is 2.79 bits per heavy atom. The van der Waals surface area contributed by atoms with Gasteiger partial charge < -0.3 is 14.9 Å². The summed E-state index contributed by atoms with van der Waals surface area (Å²) in [5, 5.41) is 4.36. The minimum absolute atomic E-state index is 0.270. The summed E-state index contributed by atoms with van der Waals surface area (Å²) in [6.07, 6.45) is 12.1. The molecule has 0 bridgehead atoms. The molecule has 2 aliphatic rings. The molecular weight excluding hydrogens is 302 g/mol. The number of amides is 1. The molecule has 0 atom stereocenters. The molecule has 6 heteroatoms. The van der Waals surface area contributed by atoms with Crippen LogP contribution >= 0.6 is 0 Å². The van der Waals surface area contributed by atoms with E-state index in [0.717, 1.165) is 55.1 Å². The zero-order chi connectivity index (χ0) is 16.1. The molecule has 2 N–H and O–H groups in total. The highest BCUT2D eigenvalue weighted by Gasteiger charge is 2.32. The van der Waals surface area contributed by atoms with Crippen molar-refractivity contribution in [3.8, 4) is 0 Å². The first-order chi connectivity index (χ1) is 11.8. The minimum atomic E-state index is 0.270. The number of aromatic nitrogens is 4. The minimum Gasteiger partial charge on any atom is -0.353 e. The average molecular weight is 323 g/mol. The Hall–Kier alpha value is -2.37. The van der Waals surface area contributed by atoms with E-state index < -0.39 is 0 Å². The molecular formula is C18H21N5O. The summed E-state index contributed by atoms with van der Waals surface area (Å²) >= 11 is 0. The Balaban J connectivity index is 1.37. The number of hydrogen-bond acceptors (Lipinski definition) is 3. The standard InChI is InChI=1S/C18H21N5O/c24-18(11-1-2-11)22-12-3-5-13(6-4-12)23-10-21-15-9-20-17-14(16(15)23)7-8-19-17/h7-13H,1-6H2,(H,19,20)(H,22,24)/t12-,13-. The van der Waals surface area contributed by atoms with Crippen LogP contribution in [0, 0.1) is 5.92 Å². The van der Waals surface area contributed by atoms with Crippen molar-refractivity contribution in [1.29, 1.82) is 0 Å². The summed E-state index contributed by atoms with van der Waals surface area (Å²) in [5.74, 6) is 0.571. The maximum atomic E-state index is 11.9. The van der Waals surface area contributed by atoms with Gasteiger partial charge in [0, 0.05) is 29.6 Å². The van der Waals surface area contributed by atoms with E-state index in [1.807, 2.05) is 18.7 Å². The predicted octanol–water partition coefficient (Wildman–Crippen LogP) is 2.92. The van der Waals surface area contributed by atoms with Crippen molar-refractivity contribution in [2.24, 2.45) is 5.92 Å². The molecule has 1 amide bonds. The van der Waals surface area contributed by atoms with E-state index >= 15 is 0 Å². The van der Waals surface area contributed by atoms with Crippen LogP contribution in [0.5, 0.6) is 0 Å². The van der Waals surface area contributed by atoms with Gasteiger partial charge in [-0.2, -0.15) is 0 Å². The smallest absolute Gasteiger partial charge is 0.223 e. The van der Waals surface area contributed by atoms with Crippen molar-refractivity contribution in [2.75, 3.05) is 0 Å². The molecule has 3 aromatic rings. The fourth-order valence-electron chi connectivity index (χ4n) is 3.97. The van der Waals surface area contributed by atoms with Crippen molar-refractivity contribution in [1.82, 2.24) is 24.8 Å². The number of H-pyrrole nitrogens is 1. The summed E-state index contributed by atoms with van der Waals surface area (Å²) in [6, 6.07) is 2.87. The Kier molecular flexibility index (Phi) is 3.11. The number of aromatic amines is 1. The highest BCUT2D eigenvalue weighted by Crippen LogP contribution is 2.34. The summed E-state index contributed by atoms with van der Waals surface area (Å²) in [7, 11) is 0. The Labute approximate surface area is 139 Å². The third-order valence-electron chi connectivity index (χ3n) is 5.50. The number of carbonyl (C=O) groups excluding carboxylic acids is 1. The molecule has 24 heavy (non-hydrogen) atoms. The van der Waals surface area contributed by atoms with E-state index in [9.17, 15) is 4.79 Å². The fourth-order valence-corrected chi connectivity index (χ4v) is 3.97. The molecule has 0 saturated heterocycles. The van der Waals surface area contributed by atoms with E-state index in [0.29, 0.717) is 18.0 Å². The predicted molar refractivity (Wildman–Crippen MR) is 91.5 cm³/mol. The lowest BCUT2D eigenvalue weighted by atomic mass is 9.90. The van der Waals surface area contributed by atoms with E-state index in [1.165, 1.54) is 5.52 Å². The van der Waals surface area contributed by atoms with Crippen molar-refractivity contribution in [2.45, 2.75) is 50.6 Å². The number of rotatable bonds is 3. The van der Waals surface area contributed by atoms with Gasteiger partial charge in [-0.1, -0.05) is 0 Å². The zero-order valence-corrected chi connectivity index (χ0v) is 13.5. The van der Waals surface area contributed by atoms with Crippen molar-refractivity contribution >= 4 is 28.0 Å². The van der Waals surface area contributed by atoms with Gasteiger partial charge in [0.05, 0.1) is 18.0 Å². The molecule has 3 aromatic heterocycles. The first kappa shape index (κ1) is 14.0. The largest absolute Gasteiger partial charge is 0.353 e. The normalized spacial score (nSPS) is 24.5. The summed E-state index contributed by atoms with van der Waals surface area (Å²) in [6.45, 7) is 0. The van der Waals surface area contributed by atoms with E-state index in [2.05, 4.69) is 30.9 Å². The molecule has 0 spiro atoms.